The number of hydrogen-bond acceptors (Lipinski definition) is 8. The van der Waals surface area contributed by atoms with Gasteiger partial charge in [-0.3, -0.25) is 19.2 Å². The molecule has 0 aromatic rings. The highest BCUT2D eigenvalue weighted by molar-refractivity contribution is 7.97. The van der Waals surface area contributed by atoms with E-state index >= 15 is 0 Å². The minimum atomic E-state index is -1.26. The Morgan fingerprint density at radius 2 is 1.86 bits per heavy atom. The Balaban J connectivity index is 4.43. The Bertz CT molecular complexity index is 420. The SMILES string of the molecule is N[C@@H](CCC(=O)N[C@@H](CSN[O-])C(=O)NCC(=O)O)C(=O)O. The van der Waals surface area contributed by atoms with Crippen molar-refractivity contribution in [1.82, 2.24) is 15.5 Å². The zero-order valence-electron chi connectivity index (χ0n) is 11.4. The molecule has 0 aliphatic heterocycles. The van der Waals surface area contributed by atoms with E-state index in [1.165, 1.54) is 4.89 Å². The van der Waals surface area contributed by atoms with Gasteiger partial charge in [0, 0.05) is 12.2 Å². The van der Waals surface area contributed by atoms with E-state index in [9.17, 15) is 24.4 Å². The standard InChI is InChI=1S/C10H17N4O7S/c11-5(10(19)20)1-2-7(15)13-6(4-22-14-21)9(18)12-3-8(16)17/h5-6,14H,1-4,11H2,(H,12,18)(H,13,15)(H,16,17)(H,19,20)/q-1/t5-,6-/m0/s1. The van der Waals surface area contributed by atoms with Gasteiger partial charge in [-0.2, -0.15) is 0 Å². The van der Waals surface area contributed by atoms with Crippen LogP contribution in [-0.2, 0) is 19.2 Å². The van der Waals surface area contributed by atoms with Gasteiger partial charge in [0.15, 0.2) is 0 Å². The second kappa shape index (κ2) is 10.8. The van der Waals surface area contributed by atoms with Crippen LogP contribution >= 0.6 is 11.9 Å². The quantitative estimate of drug-likeness (QED) is 0.175. The smallest absolute Gasteiger partial charge is 0.322 e. The fraction of sp³-hybridized carbons (Fsp3) is 0.600. The number of carbonyl (C=O) groups excluding carboxylic acids is 2. The van der Waals surface area contributed by atoms with E-state index < -0.39 is 42.4 Å². The normalized spacial score (nSPS) is 13.0. The molecular weight excluding hydrogens is 320 g/mol. The lowest BCUT2D eigenvalue weighted by Gasteiger charge is -2.19. The Hall–Kier alpha value is -1.89. The predicted octanol–water partition coefficient (Wildman–Crippen LogP) is -2.40. The molecule has 0 unspecified atom stereocenters. The van der Waals surface area contributed by atoms with E-state index in [0.717, 1.165) is 0 Å². The highest BCUT2D eigenvalue weighted by Crippen LogP contribution is 2.00. The van der Waals surface area contributed by atoms with Crippen molar-refractivity contribution in [3.8, 4) is 0 Å². The number of rotatable bonds is 11. The van der Waals surface area contributed by atoms with Gasteiger partial charge in [-0.05, 0) is 6.42 Å². The van der Waals surface area contributed by atoms with E-state index in [4.69, 9.17) is 15.9 Å². The minimum absolute atomic E-state index is 0.127. The molecule has 0 aliphatic carbocycles. The number of aliphatic carboxylic acids is 2. The van der Waals surface area contributed by atoms with Crippen LogP contribution in [0.5, 0.6) is 0 Å². The zero-order valence-corrected chi connectivity index (χ0v) is 12.2. The van der Waals surface area contributed by atoms with Crippen LogP contribution in [0.2, 0.25) is 0 Å². The van der Waals surface area contributed by atoms with Crippen LogP contribution in [0.15, 0.2) is 0 Å². The maximum atomic E-state index is 11.7. The van der Waals surface area contributed by atoms with Gasteiger partial charge in [0.25, 0.3) is 0 Å². The summed E-state index contributed by atoms with van der Waals surface area (Å²) in [6.45, 7) is -0.634. The minimum Gasteiger partial charge on any atom is -0.778 e. The summed E-state index contributed by atoms with van der Waals surface area (Å²) in [5.74, 6) is -4.07. The first-order valence-electron chi connectivity index (χ1n) is 6.04. The Morgan fingerprint density at radius 3 is 2.36 bits per heavy atom. The Labute approximate surface area is 129 Å². The molecule has 0 aromatic heterocycles. The molecule has 0 saturated carbocycles. The Morgan fingerprint density at radius 1 is 1.23 bits per heavy atom. The third-order valence-electron chi connectivity index (χ3n) is 2.37. The van der Waals surface area contributed by atoms with E-state index in [-0.39, 0.29) is 18.6 Å². The first-order chi connectivity index (χ1) is 10.3. The fourth-order valence-electron chi connectivity index (χ4n) is 1.26. The molecule has 0 saturated heterocycles. The molecule has 0 bridgehead atoms. The third-order valence-corrected chi connectivity index (χ3v) is 2.99. The number of nitrogens with two attached hydrogens (primary N) is 1. The lowest BCUT2D eigenvalue weighted by Crippen LogP contribution is -2.49. The number of nitrogens with one attached hydrogen (secondary N) is 3. The van der Waals surface area contributed by atoms with Crippen LogP contribution < -0.4 is 21.3 Å². The average Bonchev–Trinajstić information content (AvgIpc) is 2.46. The molecule has 0 aromatic carbocycles. The number of carbonyl (C=O) groups is 4. The monoisotopic (exact) mass is 337 g/mol. The van der Waals surface area contributed by atoms with Gasteiger partial charge in [-0.15, -0.1) is 0 Å². The molecular formula is C10H17N4O7S-. The van der Waals surface area contributed by atoms with Gasteiger partial charge < -0.3 is 36.7 Å². The zero-order chi connectivity index (χ0) is 17.1. The van der Waals surface area contributed by atoms with Crippen molar-refractivity contribution >= 4 is 35.7 Å². The van der Waals surface area contributed by atoms with Gasteiger partial charge >= 0.3 is 11.9 Å². The van der Waals surface area contributed by atoms with Gasteiger partial charge in [-0.25, -0.2) is 0 Å². The van der Waals surface area contributed by atoms with Gasteiger partial charge in [0.05, 0.1) is 0 Å². The van der Waals surface area contributed by atoms with Crippen LogP contribution in [0.1, 0.15) is 12.8 Å². The Kier molecular flexibility index (Phi) is 9.86. The molecule has 0 radical (unpaired) electrons. The van der Waals surface area contributed by atoms with E-state index in [1.807, 2.05) is 0 Å². The molecule has 2 atom stereocenters. The summed E-state index contributed by atoms with van der Waals surface area (Å²) in [7, 11) is 0. The fourth-order valence-corrected chi connectivity index (χ4v) is 1.73. The van der Waals surface area contributed by atoms with Crippen LogP contribution in [0, 0.1) is 5.21 Å². The summed E-state index contributed by atoms with van der Waals surface area (Å²) in [4.78, 5) is 45.7. The molecule has 7 N–H and O–H groups in total. The largest absolute Gasteiger partial charge is 0.778 e. The molecule has 11 nitrogen and oxygen atoms in total. The van der Waals surface area contributed by atoms with Crippen molar-refractivity contribution < 1.29 is 29.4 Å². The van der Waals surface area contributed by atoms with E-state index in [1.54, 1.807) is 0 Å². The average molecular weight is 337 g/mol. The summed E-state index contributed by atoms with van der Waals surface area (Å²) in [6, 6.07) is -2.35. The molecule has 0 spiro atoms. The molecule has 0 fully saturated rings. The molecule has 126 valence electrons. The second-order valence-electron chi connectivity index (χ2n) is 4.11. The van der Waals surface area contributed by atoms with Gasteiger partial charge in [0.1, 0.15) is 18.6 Å². The highest BCUT2D eigenvalue weighted by Gasteiger charge is 2.22. The summed E-state index contributed by atoms with van der Waals surface area (Å²) >= 11 is 0.603. The maximum Gasteiger partial charge on any atom is 0.322 e. The number of amides is 2. The van der Waals surface area contributed by atoms with E-state index in [0.29, 0.717) is 11.9 Å². The summed E-state index contributed by atoms with van der Waals surface area (Å²) < 4.78 is 0. The predicted molar refractivity (Wildman–Crippen MR) is 76.4 cm³/mol. The van der Waals surface area contributed by atoms with Gasteiger partial charge in [-0.1, -0.05) is 11.9 Å². The van der Waals surface area contributed by atoms with Crippen LogP contribution in [0.25, 0.3) is 0 Å². The molecule has 12 heteroatoms. The summed E-state index contributed by atoms with van der Waals surface area (Å²) in [6.07, 6.45) is -0.358. The van der Waals surface area contributed by atoms with Crippen LogP contribution in [-0.4, -0.2) is 58.3 Å². The third kappa shape index (κ3) is 9.12. The summed E-state index contributed by atoms with van der Waals surface area (Å²) in [5, 5.41) is 31.6. The maximum absolute atomic E-state index is 11.7. The first kappa shape index (κ1) is 20.1. The molecule has 0 heterocycles. The lowest BCUT2D eigenvalue weighted by molar-refractivity contribution is -0.139. The van der Waals surface area contributed by atoms with Crippen LogP contribution in [0.3, 0.4) is 0 Å². The highest BCUT2D eigenvalue weighted by atomic mass is 32.2. The van der Waals surface area contributed by atoms with Crippen molar-refractivity contribution in [1.29, 1.82) is 0 Å². The van der Waals surface area contributed by atoms with Crippen molar-refractivity contribution in [3.05, 3.63) is 5.21 Å². The lowest BCUT2D eigenvalue weighted by atomic mass is 10.1. The van der Waals surface area contributed by atoms with Gasteiger partial charge in [0.2, 0.25) is 11.8 Å². The van der Waals surface area contributed by atoms with Crippen LogP contribution in [0.4, 0.5) is 0 Å². The molecule has 0 rings (SSSR count). The number of carboxylic acid groups (broad SMARTS) is 2. The molecule has 0 aliphatic rings. The van der Waals surface area contributed by atoms with E-state index in [2.05, 4.69) is 10.6 Å². The van der Waals surface area contributed by atoms with Crippen molar-refractivity contribution in [3.63, 3.8) is 0 Å². The first-order valence-corrected chi connectivity index (χ1v) is 7.02. The number of carboxylic acids is 2. The number of hydrogen-bond donors (Lipinski definition) is 6. The topological polar surface area (TPSA) is 194 Å². The molecule has 22 heavy (non-hydrogen) atoms. The summed E-state index contributed by atoms with van der Waals surface area (Å²) in [5.41, 5.74) is 5.24. The molecule has 2 amide bonds. The second-order valence-corrected chi connectivity index (χ2v) is 4.90. The van der Waals surface area contributed by atoms with Crippen molar-refractivity contribution in [2.45, 2.75) is 24.9 Å². The van der Waals surface area contributed by atoms with Crippen molar-refractivity contribution in [2.24, 2.45) is 5.73 Å². The van der Waals surface area contributed by atoms with Crippen molar-refractivity contribution in [2.75, 3.05) is 12.3 Å².